The van der Waals surface area contributed by atoms with E-state index in [1.807, 2.05) is 0 Å². The highest BCUT2D eigenvalue weighted by Gasteiger charge is 2.23. The predicted molar refractivity (Wildman–Crippen MR) is 70.3 cm³/mol. The van der Waals surface area contributed by atoms with Crippen LogP contribution in [0.4, 0.5) is 10.5 Å². The summed E-state index contributed by atoms with van der Waals surface area (Å²) in [6, 6.07) is 6.14. The van der Waals surface area contributed by atoms with E-state index >= 15 is 0 Å². The summed E-state index contributed by atoms with van der Waals surface area (Å²) < 4.78 is 5.64. The summed E-state index contributed by atoms with van der Waals surface area (Å²) in [5.74, 6) is 0.362. The molecule has 0 saturated heterocycles. The Bertz CT molecular complexity index is 462. The lowest BCUT2D eigenvalue weighted by atomic mass is 10.1. The number of amides is 2. The molecule has 1 aromatic carbocycles. The van der Waals surface area contributed by atoms with Crippen molar-refractivity contribution in [1.29, 1.82) is 5.53 Å². The van der Waals surface area contributed by atoms with Gasteiger partial charge in [-0.1, -0.05) is 17.4 Å². The maximum Gasteiger partial charge on any atom is 0.343 e. The van der Waals surface area contributed by atoms with Gasteiger partial charge in [0.15, 0.2) is 0 Å². The Labute approximate surface area is 111 Å². The Morgan fingerprint density at radius 2 is 2.16 bits per heavy atom. The van der Waals surface area contributed by atoms with E-state index in [0.29, 0.717) is 11.4 Å². The zero-order chi connectivity index (χ0) is 14.5. The van der Waals surface area contributed by atoms with E-state index in [-0.39, 0.29) is 6.61 Å². The number of benzene rings is 1. The van der Waals surface area contributed by atoms with Crippen molar-refractivity contribution < 1.29 is 14.6 Å². The SMILES string of the molecule is CNC(=O)N(N=N)c1ccccc1OC(C)(C)CO. The molecule has 0 radical (unpaired) electrons. The lowest BCUT2D eigenvalue weighted by Crippen LogP contribution is -2.36. The first-order valence-electron chi connectivity index (χ1n) is 5.73. The molecular formula is C12H18N4O3. The highest BCUT2D eigenvalue weighted by atomic mass is 16.5. The number of nitrogens with zero attached hydrogens (tertiary/aromatic N) is 2. The van der Waals surface area contributed by atoms with Crippen molar-refractivity contribution in [2.75, 3.05) is 18.7 Å². The highest BCUT2D eigenvalue weighted by Crippen LogP contribution is 2.31. The molecular weight excluding hydrogens is 248 g/mol. The quantitative estimate of drug-likeness (QED) is 0.561. The summed E-state index contributed by atoms with van der Waals surface area (Å²) in [6.45, 7) is 3.25. The van der Waals surface area contributed by atoms with Crippen LogP contribution in [-0.4, -0.2) is 30.4 Å². The van der Waals surface area contributed by atoms with Gasteiger partial charge in [-0.15, -0.1) is 0 Å². The van der Waals surface area contributed by atoms with Gasteiger partial charge < -0.3 is 15.2 Å². The summed E-state index contributed by atoms with van der Waals surface area (Å²) in [5, 5.41) is 15.7. The number of para-hydroxylation sites is 2. The van der Waals surface area contributed by atoms with E-state index in [4.69, 9.17) is 10.3 Å². The molecule has 0 aliphatic heterocycles. The van der Waals surface area contributed by atoms with Gasteiger partial charge in [-0.2, -0.15) is 10.5 Å². The fourth-order valence-corrected chi connectivity index (χ4v) is 1.36. The topological polar surface area (TPSA) is 98.0 Å². The van der Waals surface area contributed by atoms with Crippen LogP contribution < -0.4 is 15.1 Å². The van der Waals surface area contributed by atoms with Crippen LogP contribution in [0.25, 0.3) is 0 Å². The maximum absolute atomic E-state index is 11.6. The van der Waals surface area contributed by atoms with Crippen LogP contribution in [0.2, 0.25) is 0 Å². The number of rotatable bonds is 5. The smallest absolute Gasteiger partial charge is 0.343 e. The second-order valence-electron chi connectivity index (χ2n) is 4.45. The first kappa shape index (κ1) is 14.9. The van der Waals surface area contributed by atoms with E-state index in [9.17, 15) is 9.90 Å². The minimum Gasteiger partial charge on any atom is -0.483 e. The molecule has 3 N–H and O–H groups in total. The average Bonchev–Trinajstić information content (AvgIpc) is 2.41. The third kappa shape index (κ3) is 3.65. The second kappa shape index (κ2) is 6.14. The minimum atomic E-state index is -0.799. The number of aliphatic hydroxyl groups is 1. The number of aliphatic hydroxyl groups excluding tert-OH is 1. The van der Waals surface area contributed by atoms with Gasteiger partial charge in [0.05, 0.1) is 6.61 Å². The van der Waals surface area contributed by atoms with E-state index in [1.165, 1.54) is 7.05 Å². The standard InChI is InChI=1S/C12H18N4O3/c1-12(2,8-17)19-10-7-5-4-6-9(10)16(15-13)11(18)14-3/h4-7,13,17H,8H2,1-3H3,(H,14,18). The van der Waals surface area contributed by atoms with Gasteiger partial charge in [-0.3, -0.25) is 0 Å². The molecule has 0 saturated carbocycles. The second-order valence-corrected chi connectivity index (χ2v) is 4.45. The van der Waals surface area contributed by atoms with Crippen molar-refractivity contribution in [3.63, 3.8) is 0 Å². The van der Waals surface area contributed by atoms with Gasteiger partial charge in [0, 0.05) is 7.05 Å². The number of ether oxygens (including phenoxy) is 1. The minimum absolute atomic E-state index is 0.181. The van der Waals surface area contributed by atoms with E-state index < -0.39 is 11.6 Å². The molecule has 0 atom stereocenters. The van der Waals surface area contributed by atoms with Gasteiger partial charge in [0.1, 0.15) is 17.0 Å². The number of anilines is 1. The maximum atomic E-state index is 11.6. The number of urea groups is 1. The largest absolute Gasteiger partial charge is 0.483 e. The molecule has 0 heterocycles. The van der Waals surface area contributed by atoms with Crippen LogP contribution in [0, 0.1) is 5.53 Å². The zero-order valence-corrected chi connectivity index (χ0v) is 11.2. The number of carbonyl (C=O) groups is 1. The molecule has 0 unspecified atom stereocenters. The molecule has 0 bridgehead atoms. The Morgan fingerprint density at radius 3 is 2.68 bits per heavy atom. The molecule has 1 aromatic rings. The van der Waals surface area contributed by atoms with Crippen molar-refractivity contribution in [1.82, 2.24) is 5.32 Å². The molecule has 1 rings (SSSR count). The zero-order valence-electron chi connectivity index (χ0n) is 11.2. The lowest BCUT2D eigenvalue weighted by Gasteiger charge is -2.26. The van der Waals surface area contributed by atoms with Crippen molar-refractivity contribution >= 4 is 11.7 Å². The lowest BCUT2D eigenvalue weighted by molar-refractivity contribution is 0.0416. The summed E-state index contributed by atoms with van der Waals surface area (Å²) in [5.41, 5.74) is 6.62. The predicted octanol–water partition coefficient (Wildman–Crippen LogP) is 1.93. The van der Waals surface area contributed by atoms with Crippen LogP contribution in [0.1, 0.15) is 13.8 Å². The fourth-order valence-electron chi connectivity index (χ4n) is 1.36. The molecule has 0 aromatic heterocycles. The van der Waals surface area contributed by atoms with Crippen LogP contribution in [-0.2, 0) is 0 Å². The van der Waals surface area contributed by atoms with Gasteiger partial charge in [0.25, 0.3) is 0 Å². The van der Waals surface area contributed by atoms with Crippen LogP contribution in [0.5, 0.6) is 5.75 Å². The van der Waals surface area contributed by atoms with Crippen molar-refractivity contribution in [3.8, 4) is 5.75 Å². The molecule has 0 aliphatic carbocycles. The molecule has 2 amide bonds. The van der Waals surface area contributed by atoms with Gasteiger partial charge in [-0.25, -0.2) is 4.79 Å². The Morgan fingerprint density at radius 1 is 1.53 bits per heavy atom. The third-order valence-corrected chi connectivity index (χ3v) is 2.37. The number of hydrogen-bond acceptors (Lipinski definition) is 5. The average molecular weight is 266 g/mol. The first-order valence-corrected chi connectivity index (χ1v) is 5.73. The fraction of sp³-hybridized carbons (Fsp3) is 0.417. The summed E-state index contributed by atoms with van der Waals surface area (Å²) in [4.78, 5) is 11.6. The Balaban J connectivity index is 3.14. The van der Waals surface area contributed by atoms with Crippen LogP contribution in [0.15, 0.2) is 29.5 Å². The molecule has 0 spiro atoms. The van der Waals surface area contributed by atoms with Crippen molar-refractivity contribution in [2.24, 2.45) is 5.22 Å². The van der Waals surface area contributed by atoms with Gasteiger partial charge >= 0.3 is 6.03 Å². The highest BCUT2D eigenvalue weighted by molar-refractivity contribution is 5.92. The first-order chi connectivity index (χ1) is 8.95. The van der Waals surface area contributed by atoms with E-state index in [0.717, 1.165) is 5.01 Å². The summed E-state index contributed by atoms with van der Waals surface area (Å²) in [6.07, 6.45) is 0. The molecule has 19 heavy (non-hydrogen) atoms. The Hall–Kier alpha value is -2.15. The molecule has 0 aliphatic rings. The number of carbonyl (C=O) groups excluding carboxylic acids is 1. The third-order valence-electron chi connectivity index (χ3n) is 2.37. The Kier molecular flexibility index (Phi) is 4.82. The van der Waals surface area contributed by atoms with Crippen LogP contribution in [0.3, 0.4) is 0 Å². The molecule has 7 nitrogen and oxygen atoms in total. The summed E-state index contributed by atoms with van der Waals surface area (Å²) >= 11 is 0. The van der Waals surface area contributed by atoms with Crippen LogP contribution >= 0.6 is 0 Å². The van der Waals surface area contributed by atoms with Gasteiger partial charge in [0.2, 0.25) is 0 Å². The molecule has 0 fully saturated rings. The number of nitrogens with one attached hydrogen (secondary N) is 2. The van der Waals surface area contributed by atoms with Crippen molar-refractivity contribution in [3.05, 3.63) is 24.3 Å². The number of hydrogen-bond donors (Lipinski definition) is 3. The van der Waals surface area contributed by atoms with Crippen molar-refractivity contribution in [2.45, 2.75) is 19.4 Å². The van der Waals surface area contributed by atoms with E-state index in [1.54, 1.807) is 38.1 Å². The summed E-state index contributed by atoms with van der Waals surface area (Å²) in [7, 11) is 1.45. The van der Waals surface area contributed by atoms with E-state index in [2.05, 4.69) is 10.5 Å². The molecule has 104 valence electrons. The normalized spacial score (nSPS) is 10.7. The van der Waals surface area contributed by atoms with Gasteiger partial charge in [-0.05, 0) is 26.0 Å². The monoisotopic (exact) mass is 266 g/mol. The molecule has 7 heteroatoms.